The molecule has 0 fully saturated rings. The standard InChI is InChI=1S/C9H10Cl2N2O3S/c1-12-8(14)5-13-17(15,16)9-6(10)3-2-4-7(9)11/h2-4,13H,5H2,1H3,(H,12,14). The second-order valence-electron chi connectivity index (χ2n) is 3.05. The molecule has 0 aliphatic carbocycles. The first kappa shape index (κ1) is 14.2. The third-order valence-corrected chi connectivity index (χ3v) is 4.24. The first-order chi connectivity index (χ1) is 7.88. The molecule has 0 atom stereocenters. The molecule has 5 nitrogen and oxygen atoms in total. The van der Waals surface area contributed by atoms with E-state index in [2.05, 4.69) is 10.0 Å². The first-order valence-electron chi connectivity index (χ1n) is 4.52. The average molecular weight is 297 g/mol. The number of hydrogen-bond acceptors (Lipinski definition) is 3. The summed E-state index contributed by atoms with van der Waals surface area (Å²) in [5.74, 6) is -0.461. The van der Waals surface area contributed by atoms with Gasteiger partial charge in [0.15, 0.2) is 0 Å². The van der Waals surface area contributed by atoms with Gasteiger partial charge < -0.3 is 5.32 Å². The van der Waals surface area contributed by atoms with Crippen molar-refractivity contribution >= 4 is 39.1 Å². The maximum atomic E-state index is 11.8. The summed E-state index contributed by atoms with van der Waals surface area (Å²) >= 11 is 11.5. The van der Waals surface area contributed by atoms with Crippen LogP contribution in [0.15, 0.2) is 23.1 Å². The van der Waals surface area contributed by atoms with Crippen LogP contribution in [-0.4, -0.2) is 27.9 Å². The lowest BCUT2D eigenvalue weighted by Crippen LogP contribution is -2.35. The van der Waals surface area contributed by atoms with Crippen molar-refractivity contribution in [1.29, 1.82) is 0 Å². The van der Waals surface area contributed by atoms with E-state index in [9.17, 15) is 13.2 Å². The normalized spacial score (nSPS) is 11.2. The summed E-state index contributed by atoms with van der Waals surface area (Å²) in [5, 5.41) is 2.29. The molecule has 0 heterocycles. The smallest absolute Gasteiger partial charge is 0.244 e. The van der Waals surface area contributed by atoms with Crippen molar-refractivity contribution in [3.8, 4) is 0 Å². The van der Waals surface area contributed by atoms with Crippen LogP contribution in [0.2, 0.25) is 10.0 Å². The minimum atomic E-state index is -3.90. The quantitative estimate of drug-likeness (QED) is 0.871. The molecule has 8 heteroatoms. The van der Waals surface area contributed by atoms with Crippen molar-refractivity contribution in [2.75, 3.05) is 13.6 Å². The molecule has 17 heavy (non-hydrogen) atoms. The molecule has 1 aromatic rings. The molecule has 1 amide bonds. The molecule has 0 aliphatic rings. The summed E-state index contributed by atoms with van der Waals surface area (Å²) < 4.78 is 25.8. The van der Waals surface area contributed by atoms with Crippen LogP contribution in [0.3, 0.4) is 0 Å². The highest BCUT2D eigenvalue weighted by molar-refractivity contribution is 7.89. The van der Waals surface area contributed by atoms with Gasteiger partial charge in [0.2, 0.25) is 15.9 Å². The fraction of sp³-hybridized carbons (Fsp3) is 0.222. The number of carbonyl (C=O) groups is 1. The topological polar surface area (TPSA) is 75.3 Å². The zero-order valence-corrected chi connectivity index (χ0v) is 11.2. The largest absolute Gasteiger partial charge is 0.358 e. The van der Waals surface area contributed by atoms with Crippen LogP contribution in [0, 0.1) is 0 Å². The van der Waals surface area contributed by atoms with Crippen LogP contribution >= 0.6 is 23.2 Å². The van der Waals surface area contributed by atoms with Gasteiger partial charge in [0, 0.05) is 7.05 Å². The zero-order chi connectivity index (χ0) is 13.1. The fourth-order valence-electron chi connectivity index (χ4n) is 1.06. The third-order valence-electron chi connectivity index (χ3n) is 1.89. The minimum Gasteiger partial charge on any atom is -0.358 e. The third kappa shape index (κ3) is 3.57. The Hall–Kier alpha value is -0.820. The number of nitrogens with one attached hydrogen (secondary N) is 2. The van der Waals surface area contributed by atoms with E-state index in [4.69, 9.17) is 23.2 Å². The van der Waals surface area contributed by atoms with E-state index in [-0.39, 0.29) is 21.5 Å². The van der Waals surface area contributed by atoms with Gasteiger partial charge in [-0.1, -0.05) is 29.3 Å². The number of hydrogen-bond donors (Lipinski definition) is 2. The fourth-order valence-corrected chi connectivity index (χ4v) is 3.18. The van der Waals surface area contributed by atoms with Crippen molar-refractivity contribution in [3.63, 3.8) is 0 Å². The van der Waals surface area contributed by atoms with E-state index in [1.807, 2.05) is 0 Å². The summed E-state index contributed by atoms with van der Waals surface area (Å²) in [4.78, 5) is 10.7. The van der Waals surface area contributed by atoms with E-state index >= 15 is 0 Å². The summed E-state index contributed by atoms with van der Waals surface area (Å²) in [7, 11) is -2.50. The predicted molar refractivity (Wildman–Crippen MR) is 65.7 cm³/mol. The summed E-state index contributed by atoms with van der Waals surface area (Å²) in [6, 6.07) is 4.34. The van der Waals surface area contributed by atoms with E-state index in [1.54, 1.807) is 0 Å². The van der Waals surface area contributed by atoms with Gasteiger partial charge in [0.05, 0.1) is 16.6 Å². The molecule has 0 unspecified atom stereocenters. The van der Waals surface area contributed by atoms with Gasteiger partial charge in [-0.05, 0) is 12.1 Å². The Morgan fingerprint density at radius 1 is 1.29 bits per heavy atom. The Morgan fingerprint density at radius 2 is 1.82 bits per heavy atom. The lowest BCUT2D eigenvalue weighted by Gasteiger charge is -2.09. The van der Waals surface area contributed by atoms with Crippen LogP contribution in [0.4, 0.5) is 0 Å². The van der Waals surface area contributed by atoms with Crippen LogP contribution in [0.25, 0.3) is 0 Å². The number of likely N-dealkylation sites (N-methyl/N-ethyl adjacent to an activating group) is 1. The highest BCUT2D eigenvalue weighted by Crippen LogP contribution is 2.28. The Morgan fingerprint density at radius 3 is 2.29 bits per heavy atom. The van der Waals surface area contributed by atoms with Crippen molar-refractivity contribution in [2.45, 2.75) is 4.90 Å². The number of sulfonamides is 1. The summed E-state index contributed by atoms with van der Waals surface area (Å²) in [5.41, 5.74) is 0. The second-order valence-corrected chi connectivity index (χ2v) is 5.57. The number of rotatable bonds is 4. The molecular weight excluding hydrogens is 287 g/mol. The SMILES string of the molecule is CNC(=O)CNS(=O)(=O)c1c(Cl)cccc1Cl. The van der Waals surface area contributed by atoms with Crippen molar-refractivity contribution < 1.29 is 13.2 Å². The molecule has 94 valence electrons. The van der Waals surface area contributed by atoms with Crippen molar-refractivity contribution in [1.82, 2.24) is 10.0 Å². The monoisotopic (exact) mass is 296 g/mol. The number of carbonyl (C=O) groups excluding carboxylic acids is 1. The van der Waals surface area contributed by atoms with E-state index in [0.717, 1.165) is 0 Å². The molecule has 0 saturated heterocycles. The van der Waals surface area contributed by atoms with E-state index in [0.29, 0.717) is 0 Å². The zero-order valence-electron chi connectivity index (χ0n) is 8.83. The molecule has 1 aromatic carbocycles. The van der Waals surface area contributed by atoms with Gasteiger partial charge in [0.1, 0.15) is 4.90 Å². The Kier molecular flexibility index (Phi) is 4.76. The molecule has 0 spiro atoms. The van der Waals surface area contributed by atoms with Gasteiger partial charge in [-0.2, -0.15) is 0 Å². The van der Waals surface area contributed by atoms with Crippen LogP contribution in [0.1, 0.15) is 0 Å². The van der Waals surface area contributed by atoms with Crippen molar-refractivity contribution in [2.24, 2.45) is 0 Å². The van der Waals surface area contributed by atoms with Gasteiger partial charge in [-0.25, -0.2) is 13.1 Å². The number of benzene rings is 1. The molecule has 0 radical (unpaired) electrons. The van der Waals surface area contributed by atoms with Crippen LogP contribution < -0.4 is 10.0 Å². The minimum absolute atomic E-state index is 0.00177. The van der Waals surface area contributed by atoms with Crippen LogP contribution in [0.5, 0.6) is 0 Å². The first-order valence-corrected chi connectivity index (χ1v) is 6.76. The predicted octanol–water partition coefficient (Wildman–Crippen LogP) is 1.02. The van der Waals surface area contributed by atoms with E-state index in [1.165, 1.54) is 25.2 Å². The van der Waals surface area contributed by atoms with Gasteiger partial charge in [-0.15, -0.1) is 0 Å². The second kappa shape index (κ2) is 5.68. The Bertz CT molecular complexity index is 511. The maximum absolute atomic E-state index is 11.8. The number of halogens is 2. The average Bonchev–Trinajstić information content (AvgIpc) is 2.25. The summed E-state index contributed by atoms with van der Waals surface area (Å²) in [6.07, 6.45) is 0. The Balaban J connectivity index is 3.02. The maximum Gasteiger partial charge on any atom is 0.244 e. The number of amides is 1. The van der Waals surface area contributed by atoms with Gasteiger partial charge in [0.25, 0.3) is 0 Å². The molecule has 0 aliphatic heterocycles. The molecule has 0 aromatic heterocycles. The molecular formula is C9H10Cl2N2O3S. The van der Waals surface area contributed by atoms with Crippen LogP contribution in [-0.2, 0) is 14.8 Å². The molecule has 1 rings (SSSR count). The molecule has 2 N–H and O–H groups in total. The van der Waals surface area contributed by atoms with Gasteiger partial charge >= 0.3 is 0 Å². The van der Waals surface area contributed by atoms with Crippen molar-refractivity contribution in [3.05, 3.63) is 28.2 Å². The van der Waals surface area contributed by atoms with E-state index < -0.39 is 15.9 Å². The lowest BCUT2D eigenvalue weighted by atomic mass is 10.4. The highest BCUT2D eigenvalue weighted by Gasteiger charge is 2.21. The lowest BCUT2D eigenvalue weighted by molar-refractivity contribution is -0.119. The summed E-state index contributed by atoms with van der Waals surface area (Å²) in [6.45, 7) is -0.375. The Labute approximate surface area is 109 Å². The van der Waals surface area contributed by atoms with Gasteiger partial charge in [-0.3, -0.25) is 4.79 Å². The highest BCUT2D eigenvalue weighted by atomic mass is 35.5. The molecule has 0 saturated carbocycles. The molecule has 0 bridgehead atoms.